The van der Waals surface area contributed by atoms with Crippen molar-refractivity contribution < 1.29 is 42.9 Å². The second kappa shape index (κ2) is 14.6. The molecule has 10 nitrogen and oxygen atoms in total. The standard InChI is InChI=1S/C27H41NO9/c1-9-10-18(6)34-26(32)35-19(7)14-27(28,25(31)33-8)15-20-11-12-21(36-23(29)16(2)3)22(13-20)37-24(30)17(4)5/h11-13,16-19H,9-10,14-15,28H2,1-8H3/t18-,19-,27?/m0/s1. The summed E-state index contributed by atoms with van der Waals surface area (Å²) in [7, 11) is 1.21. The van der Waals surface area contributed by atoms with Crippen LogP contribution in [0.1, 0.15) is 73.3 Å². The molecule has 10 heteroatoms. The predicted octanol–water partition coefficient (Wildman–Crippen LogP) is 4.34. The Morgan fingerprint density at radius 3 is 1.92 bits per heavy atom. The number of methoxy groups -OCH3 is 1. The van der Waals surface area contributed by atoms with E-state index in [4.69, 9.17) is 29.4 Å². The number of carbonyl (C=O) groups is 4. The van der Waals surface area contributed by atoms with Gasteiger partial charge in [0.05, 0.1) is 18.9 Å². The largest absolute Gasteiger partial charge is 0.508 e. The minimum Gasteiger partial charge on any atom is -0.468 e. The van der Waals surface area contributed by atoms with Crippen LogP contribution in [0.4, 0.5) is 4.79 Å². The highest BCUT2D eigenvalue weighted by Gasteiger charge is 2.38. The Morgan fingerprint density at radius 2 is 1.41 bits per heavy atom. The fourth-order valence-corrected chi connectivity index (χ4v) is 3.45. The normalized spacial score (nSPS) is 14.4. The van der Waals surface area contributed by atoms with Crippen molar-refractivity contribution in [1.82, 2.24) is 0 Å². The lowest BCUT2D eigenvalue weighted by molar-refractivity contribution is -0.148. The lowest BCUT2D eigenvalue weighted by Crippen LogP contribution is -2.53. The first-order valence-electron chi connectivity index (χ1n) is 12.5. The summed E-state index contributed by atoms with van der Waals surface area (Å²) in [6.07, 6.45) is -0.486. The lowest BCUT2D eigenvalue weighted by Gasteiger charge is -2.29. The van der Waals surface area contributed by atoms with E-state index in [1.807, 2.05) is 6.92 Å². The van der Waals surface area contributed by atoms with Gasteiger partial charge in [0.25, 0.3) is 0 Å². The first-order valence-corrected chi connectivity index (χ1v) is 12.5. The molecule has 0 saturated heterocycles. The second-order valence-corrected chi connectivity index (χ2v) is 9.86. The van der Waals surface area contributed by atoms with Crippen molar-refractivity contribution in [2.75, 3.05) is 7.11 Å². The highest BCUT2D eigenvalue weighted by molar-refractivity contribution is 5.81. The van der Waals surface area contributed by atoms with Crippen molar-refractivity contribution in [3.05, 3.63) is 23.8 Å². The summed E-state index contributed by atoms with van der Waals surface area (Å²) in [6.45, 7) is 12.0. The first-order chi connectivity index (χ1) is 17.2. The molecule has 0 bridgehead atoms. The van der Waals surface area contributed by atoms with E-state index < -0.39 is 47.5 Å². The van der Waals surface area contributed by atoms with Crippen LogP contribution in [0.2, 0.25) is 0 Å². The van der Waals surface area contributed by atoms with E-state index in [0.29, 0.717) is 12.0 Å². The third-order valence-corrected chi connectivity index (χ3v) is 5.43. The number of rotatable bonds is 13. The fourth-order valence-electron chi connectivity index (χ4n) is 3.45. The van der Waals surface area contributed by atoms with Gasteiger partial charge in [0.15, 0.2) is 11.5 Å². The van der Waals surface area contributed by atoms with Gasteiger partial charge in [-0.25, -0.2) is 4.79 Å². The number of hydrogen-bond donors (Lipinski definition) is 1. The van der Waals surface area contributed by atoms with Crippen molar-refractivity contribution >= 4 is 24.1 Å². The molecule has 1 rings (SSSR count). The summed E-state index contributed by atoms with van der Waals surface area (Å²) >= 11 is 0. The maximum Gasteiger partial charge on any atom is 0.508 e. The van der Waals surface area contributed by atoms with Gasteiger partial charge in [0.2, 0.25) is 0 Å². The summed E-state index contributed by atoms with van der Waals surface area (Å²) in [6, 6.07) is 4.56. The molecule has 0 amide bonds. The van der Waals surface area contributed by atoms with Crippen LogP contribution < -0.4 is 15.2 Å². The van der Waals surface area contributed by atoms with Gasteiger partial charge in [-0.2, -0.15) is 0 Å². The minimum absolute atomic E-state index is 0.0233. The van der Waals surface area contributed by atoms with Crippen LogP contribution >= 0.6 is 0 Å². The molecule has 1 unspecified atom stereocenters. The zero-order valence-corrected chi connectivity index (χ0v) is 23.1. The van der Waals surface area contributed by atoms with E-state index in [1.54, 1.807) is 47.6 Å². The number of hydrogen-bond acceptors (Lipinski definition) is 10. The summed E-state index contributed by atoms with van der Waals surface area (Å²) in [5.41, 5.74) is 5.39. The van der Waals surface area contributed by atoms with Crippen LogP contribution in [-0.2, 0) is 35.0 Å². The van der Waals surface area contributed by atoms with Crippen molar-refractivity contribution in [1.29, 1.82) is 0 Å². The third kappa shape index (κ3) is 10.4. The quantitative estimate of drug-likeness (QED) is 0.293. The molecule has 3 atom stereocenters. The second-order valence-electron chi connectivity index (χ2n) is 9.86. The Balaban J connectivity index is 3.18. The third-order valence-electron chi connectivity index (χ3n) is 5.43. The summed E-state index contributed by atoms with van der Waals surface area (Å²) in [5, 5.41) is 0. The first kappa shape index (κ1) is 31.9. The van der Waals surface area contributed by atoms with E-state index in [9.17, 15) is 19.2 Å². The molecule has 0 spiro atoms. The topological polar surface area (TPSA) is 140 Å². The van der Waals surface area contributed by atoms with E-state index in [0.717, 1.165) is 6.42 Å². The summed E-state index contributed by atoms with van der Waals surface area (Å²) < 4.78 is 26.3. The van der Waals surface area contributed by atoms with Gasteiger partial charge in [0, 0.05) is 12.8 Å². The maximum atomic E-state index is 12.7. The summed E-state index contributed by atoms with van der Waals surface area (Å²) in [4.78, 5) is 49.2. The molecule has 0 aromatic heterocycles. The zero-order chi connectivity index (χ0) is 28.3. The molecule has 0 heterocycles. The molecule has 1 aromatic carbocycles. The Morgan fingerprint density at radius 1 is 0.865 bits per heavy atom. The summed E-state index contributed by atoms with van der Waals surface area (Å²) in [5.74, 6) is -2.48. The Labute approximate surface area is 219 Å². The smallest absolute Gasteiger partial charge is 0.468 e. The van der Waals surface area contributed by atoms with Crippen LogP contribution in [0.5, 0.6) is 11.5 Å². The maximum absolute atomic E-state index is 12.7. The molecular weight excluding hydrogens is 482 g/mol. The monoisotopic (exact) mass is 523 g/mol. The van der Waals surface area contributed by atoms with E-state index >= 15 is 0 Å². The van der Waals surface area contributed by atoms with Gasteiger partial charge >= 0.3 is 24.1 Å². The van der Waals surface area contributed by atoms with Gasteiger partial charge < -0.3 is 29.4 Å². The van der Waals surface area contributed by atoms with Gasteiger partial charge in [-0.3, -0.25) is 14.4 Å². The van der Waals surface area contributed by atoms with E-state index in [2.05, 4.69) is 0 Å². The molecule has 0 aliphatic carbocycles. The molecule has 2 N–H and O–H groups in total. The average Bonchev–Trinajstić information content (AvgIpc) is 2.79. The van der Waals surface area contributed by atoms with Crippen LogP contribution in [0.3, 0.4) is 0 Å². The number of carbonyl (C=O) groups excluding carboxylic acids is 4. The SMILES string of the molecule is CCC[C@H](C)OC(=O)O[C@@H](C)CC(N)(Cc1ccc(OC(=O)C(C)C)c(OC(=O)C(C)C)c1)C(=O)OC. The highest BCUT2D eigenvalue weighted by Crippen LogP contribution is 2.32. The van der Waals surface area contributed by atoms with Crippen molar-refractivity contribution in [3.63, 3.8) is 0 Å². The molecule has 0 fully saturated rings. The fraction of sp³-hybridized carbons (Fsp3) is 0.630. The lowest BCUT2D eigenvalue weighted by atomic mass is 9.86. The molecule has 208 valence electrons. The zero-order valence-electron chi connectivity index (χ0n) is 23.1. The Bertz CT molecular complexity index is 944. The average molecular weight is 524 g/mol. The predicted molar refractivity (Wildman–Crippen MR) is 136 cm³/mol. The molecular formula is C27H41NO9. The van der Waals surface area contributed by atoms with Crippen LogP contribution in [0.15, 0.2) is 18.2 Å². The Kier molecular flexibility index (Phi) is 12.6. The number of esters is 3. The molecule has 0 radical (unpaired) electrons. The van der Waals surface area contributed by atoms with E-state index in [1.165, 1.54) is 19.2 Å². The van der Waals surface area contributed by atoms with Gasteiger partial charge in [-0.15, -0.1) is 0 Å². The molecule has 37 heavy (non-hydrogen) atoms. The molecule has 0 saturated carbocycles. The van der Waals surface area contributed by atoms with Gasteiger partial charge in [-0.05, 0) is 38.0 Å². The molecule has 0 aliphatic heterocycles. The van der Waals surface area contributed by atoms with Crippen molar-refractivity contribution in [2.24, 2.45) is 17.6 Å². The Hall–Kier alpha value is -3.14. The van der Waals surface area contributed by atoms with Crippen LogP contribution in [0.25, 0.3) is 0 Å². The number of nitrogens with two attached hydrogens (primary N) is 1. The van der Waals surface area contributed by atoms with Crippen LogP contribution in [-0.4, -0.2) is 48.9 Å². The molecule has 0 aliphatic rings. The number of benzene rings is 1. The van der Waals surface area contributed by atoms with Crippen molar-refractivity contribution in [3.8, 4) is 11.5 Å². The van der Waals surface area contributed by atoms with Crippen LogP contribution in [0, 0.1) is 11.8 Å². The van der Waals surface area contributed by atoms with Gasteiger partial charge in [0.1, 0.15) is 17.7 Å². The minimum atomic E-state index is -1.58. The van der Waals surface area contributed by atoms with Gasteiger partial charge in [-0.1, -0.05) is 47.1 Å². The number of ether oxygens (including phenoxy) is 5. The van der Waals surface area contributed by atoms with Crippen molar-refractivity contribution in [2.45, 2.75) is 91.9 Å². The van der Waals surface area contributed by atoms with E-state index in [-0.39, 0.29) is 30.4 Å². The highest BCUT2D eigenvalue weighted by atomic mass is 16.7. The molecule has 1 aromatic rings.